The van der Waals surface area contributed by atoms with Crippen LogP contribution in [0.25, 0.3) is 0 Å². The van der Waals surface area contributed by atoms with Gasteiger partial charge in [-0.2, -0.15) is 0 Å². The first-order valence-corrected chi connectivity index (χ1v) is 12.5. The molecule has 0 radical (unpaired) electrons. The molecule has 0 bridgehead atoms. The van der Waals surface area contributed by atoms with Crippen LogP contribution in [0.2, 0.25) is 0 Å². The third-order valence-corrected chi connectivity index (χ3v) is 7.01. The van der Waals surface area contributed by atoms with Crippen molar-refractivity contribution in [1.82, 2.24) is 10.2 Å². The molecule has 2 heteroatoms. The molecular formula is C28H48N2. The molecule has 0 spiro atoms. The molecule has 2 fully saturated rings. The lowest BCUT2D eigenvalue weighted by Crippen LogP contribution is -2.46. The Balaban J connectivity index is 1.57. The highest BCUT2D eigenvalue weighted by molar-refractivity contribution is 5.08. The van der Waals surface area contributed by atoms with E-state index in [2.05, 4.69) is 69.1 Å². The lowest BCUT2D eigenvalue weighted by molar-refractivity contribution is 0.192. The van der Waals surface area contributed by atoms with E-state index in [0.717, 1.165) is 6.54 Å². The van der Waals surface area contributed by atoms with E-state index < -0.39 is 0 Å². The molecule has 2 rings (SSSR count). The van der Waals surface area contributed by atoms with E-state index in [1.807, 2.05) is 0 Å². The molecule has 0 saturated carbocycles. The summed E-state index contributed by atoms with van der Waals surface area (Å²) in [5.74, 6) is 0. The van der Waals surface area contributed by atoms with Gasteiger partial charge in [0.15, 0.2) is 0 Å². The Labute approximate surface area is 187 Å². The second kappa shape index (κ2) is 13.3. The molecule has 0 aromatic rings. The third kappa shape index (κ3) is 8.94. The first-order chi connectivity index (χ1) is 14.4. The van der Waals surface area contributed by atoms with E-state index in [9.17, 15) is 0 Å². The van der Waals surface area contributed by atoms with Crippen molar-refractivity contribution in [2.45, 2.75) is 104 Å². The van der Waals surface area contributed by atoms with Gasteiger partial charge in [0, 0.05) is 18.6 Å². The molecule has 0 amide bonds. The van der Waals surface area contributed by atoms with Crippen LogP contribution < -0.4 is 5.32 Å². The molecular weight excluding hydrogens is 364 g/mol. The Kier molecular flexibility index (Phi) is 11.2. The maximum Gasteiger partial charge on any atom is 0.0335 e. The molecule has 0 aromatic carbocycles. The van der Waals surface area contributed by atoms with Crippen LogP contribution in [0.3, 0.4) is 0 Å². The predicted octanol–water partition coefficient (Wildman–Crippen LogP) is 7.35. The first kappa shape index (κ1) is 25.1. The average molecular weight is 413 g/mol. The molecule has 30 heavy (non-hydrogen) atoms. The summed E-state index contributed by atoms with van der Waals surface area (Å²) in [5.41, 5.74) is 6.52. The van der Waals surface area contributed by atoms with Crippen LogP contribution in [-0.4, -0.2) is 36.6 Å². The highest BCUT2D eigenvalue weighted by Gasteiger charge is 2.43. The largest absolute Gasteiger partial charge is 0.311 e. The highest BCUT2D eigenvalue weighted by Crippen LogP contribution is 2.38. The number of rotatable bonds is 13. The Bertz CT molecular complexity index is 621. The Morgan fingerprint density at radius 1 is 0.733 bits per heavy atom. The van der Waals surface area contributed by atoms with Crippen LogP contribution in [0.15, 0.2) is 46.6 Å². The van der Waals surface area contributed by atoms with Gasteiger partial charge in [0.2, 0.25) is 0 Å². The molecule has 0 aliphatic carbocycles. The number of allylic oxidation sites excluding steroid dienone is 7. The van der Waals surface area contributed by atoms with E-state index in [-0.39, 0.29) is 0 Å². The smallest absolute Gasteiger partial charge is 0.0335 e. The van der Waals surface area contributed by atoms with E-state index in [0.29, 0.717) is 5.54 Å². The molecule has 0 atom stereocenters. The summed E-state index contributed by atoms with van der Waals surface area (Å²) in [4.78, 5) is 2.74. The molecule has 0 aromatic heterocycles. The number of nitrogens with zero attached hydrogens (tertiary/aromatic N) is 1. The Hall–Kier alpha value is -1.12. The fraction of sp³-hybridized carbons (Fsp3) is 0.714. The minimum Gasteiger partial charge on any atom is -0.311 e. The molecule has 2 aliphatic rings. The standard InChI is InChI=1S/C28H48N2/c1-24(2)11-6-12-25(3)13-7-14-26(4)15-8-16-27(5)17-20-29-23-28-18-9-21-30(28)22-10-19-28/h11,13,15,17,29H,6-10,12,14,16,18-23H2,1-5H3/b25-13+,26-15+,27-17+. The van der Waals surface area contributed by atoms with Crippen molar-refractivity contribution >= 4 is 0 Å². The fourth-order valence-electron chi connectivity index (χ4n) is 5.05. The predicted molar refractivity (Wildman–Crippen MR) is 134 cm³/mol. The zero-order valence-corrected chi connectivity index (χ0v) is 20.7. The molecule has 170 valence electrons. The van der Waals surface area contributed by atoms with E-state index >= 15 is 0 Å². The number of fused-ring (bicyclic) bond motifs is 1. The van der Waals surface area contributed by atoms with Gasteiger partial charge in [0.05, 0.1) is 0 Å². The molecule has 2 nitrogen and oxygen atoms in total. The summed E-state index contributed by atoms with van der Waals surface area (Å²) in [5, 5.41) is 3.74. The van der Waals surface area contributed by atoms with E-state index in [1.165, 1.54) is 106 Å². The van der Waals surface area contributed by atoms with Gasteiger partial charge in [0.25, 0.3) is 0 Å². The van der Waals surface area contributed by atoms with Crippen molar-refractivity contribution in [3.8, 4) is 0 Å². The molecule has 2 heterocycles. The SMILES string of the molecule is CC(C)=CCC/C(C)=C/CC/C(C)=C/CC/C(C)=C/CNCC12CCCN1CCC2. The Morgan fingerprint density at radius 2 is 1.23 bits per heavy atom. The van der Waals surface area contributed by atoms with Gasteiger partial charge in [-0.05, 0) is 112 Å². The summed E-state index contributed by atoms with van der Waals surface area (Å²) in [6.07, 6.45) is 22.3. The lowest BCUT2D eigenvalue weighted by Gasteiger charge is -2.32. The third-order valence-electron chi connectivity index (χ3n) is 7.01. The van der Waals surface area contributed by atoms with Crippen molar-refractivity contribution in [2.75, 3.05) is 26.2 Å². The number of hydrogen-bond acceptors (Lipinski definition) is 2. The van der Waals surface area contributed by atoms with Gasteiger partial charge < -0.3 is 5.32 Å². The first-order valence-electron chi connectivity index (χ1n) is 12.5. The summed E-state index contributed by atoms with van der Waals surface area (Å²) in [6, 6.07) is 0. The average Bonchev–Trinajstić information content (AvgIpc) is 3.25. The van der Waals surface area contributed by atoms with Gasteiger partial charge in [-0.25, -0.2) is 0 Å². The van der Waals surface area contributed by atoms with Gasteiger partial charge in [0.1, 0.15) is 0 Å². The number of nitrogens with one attached hydrogen (secondary N) is 1. The molecule has 1 N–H and O–H groups in total. The summed E-state index contributed by atoms with van der Waals surface area (Å²) < 4.78 is 0. The number of hydrogen-bond donors (Lipinski definition) is 1. The van der Waals surface area contributed by atoms with E-state index in [4.69, 9.17) is 0 Å². The minimum absolute atomic E-state index is 0.500. The fourth-order valence-corrected chi connectivity index (χ4v) is 5.05. The van der Waals surface area contributed by atoms with Crippen molar-refractivity contribution in [3.63, 3.8) is 0 Å². The van der Waals surface area contributed by atoms with Crippen molar-refractivity contribution in [2.24, 2.45) is 0 Å². The zero-order chi connectivity index (χ0) is 21.8. The minimum atomic E-state index is 0.500. The molecule has 2 saturated heterocycles. The van der Waals surface area contributed by atoms with Crippen LogP contribution in [0.4, 0.5) is 0 Å². The van der Waals surface area contributed by atoms with Crippen molar-refractivity contribution < 1.29 is 0 Å². The summed E-state index contributed by atoms with van der Waals surface area (Å²) >= 11 is 0. The van der Waals surface area contributed by atoms with Crippen LogP contribution >= 0.6 is 0 Å². The summed E-state index contributed by atoms with van der Waals surface area (Å²) in [6.45, 7) is 16.1. The monoisotopic (exact) mass is 412 g/mol. The lowest BCUT2D eigenvalue weighted by atomic mass is 9.94. The van der Waals surface area contributed by atoms with Gasteiger partial charge >= 0.3 is 0 Å². The second-order valence-electron chi connectivity index (χ2n) is 10.1. The van der Waals surface area contributed by atoms with Crippen LogP contribution in [-0.2, 0) is 0 Å². The summed E-state index contributed by atoms with van der Waals surface area (Å²) in [7, 11) is 0. The van der Waals surface area contributed by atoms with Crippen LogP contribution in [0, 0.1) is 0 Å². The van der Waals surface area contributed by atoms with Crippen LogP contribution in [0.1, 0.15) is 98.8 Å². The van der Waals surface area contributed by atoms with Gasteiger partial charge in [-0.3, -0.25) is 4.90 Å². The maximum absolute atomic E-state index is 3.74. The van der Waals surface area contributed by atoms with E-state index in [1.54, 1.807) is 0 Å². The van der Waals surface area contributed by atoms with Crippen molar-refractivity contribution in [3.05, 3.63) is 46.6 Å². The van der Waals surface area contributed by atoms with Crippen molar-refractivity contribution in [1.29, 1.82) is 0 Å². The normalized spacial score (nSPS) is 20.0. The van der Waals surface area contributed by atoms with Crippen LogP contribution in [0.5, 0.6) is 0 Å². The quantitative estimate of drug-likeness (QED) is 0.251. The Morgan fingerprint density at radius 3 is 1.77 bits per heavy atom. The van der Waals surface area contributed by atoms with Gasteiger partial charge in [-0.15, -0.1) is 0 Å². The molecule has 0 unspecified atom stereocenters. The maximum atomic E-state index is 3.74. The highest BCUT2D eigenvalue weighted by atomic mass is 15.3. The second-order valence-corrected chi connectivity index (χ2v) is 10.1. The molecule has 2 aliphatic heterocycles. The van der Waals surface area contributed by atoms with Gasteiger partial charge in [-0.1, -0.05) is 46.6 Å². The zero-order valence-electron chi connectivity index (χ0n) is 20.7. The topological polar surface area (TPSA) is 15.3 Å².